The molecule has 1 saturated carbocycles. The number of nitrogen functional groups attached to an aromatic ring is 1. The van der Waals surface area contributed by atoms with Crippen molar-refractivity contribution in [2.75, 3.05) is 10.5 Å². The third kappa shape index (κ3) is 7.12. The second-order valence-electron chi connectivity index (χ2n) is 11.0. The molecule has 2 atom stereocenters. The van der Waals surface area contributed by atoms with E-state index in [4.69, 9.17) is 26.3 Å². The van der Waals surface area contributed by atoms with E-state index < -0.39 is 29.0 Å². The fourth-order valence-electron chi connectivity index (χ4n) is 5.52. The molecule has 2 aromatic carbocycles. The highest BCUT2D eigenvalue weighted by atomic mass is 32.2. The third-order valence-electron chi connectivity index (χ3n) is 8.01. The number of rotatable bonds is 11. The first-order valence-corrected chi connectivity index (χ1v) is 15.8. The summed E-state index contributed by atoms with van der Waals surface area (Å²) in [6.07, 6.45) is 8.34. The summed E-state index contributed by atoms with van der Waals surface area (Å²) >= 11 is -2.69. The first-order chi connectivity index (χ1) is 22.1. The van der Waals surface area contributed by atoms with Crippen molar-refractivity contribution in [3.05, 3.63) is 71.8 Å². The van der Waals surface area contributed by atoms with E-state index in [0.717, 1.165) is 32.0 Å². The number of pyridine rings is 1. The molecule has 14 heteroatoms. The number of nitrogens with zero attached hydrogens (tertiary/aromatic N) is 4. The van der Waals surface area contributed by atoms with Crippen LogP contribution in [0.3, 0.4) is 0 Å². The summed E-state index contributed by atoms with van der Waals surface area (Å²) in [5, 5.41) is 5.25. The van der Waals surface area contributed by atoms with Crippen molar-refractivity contribution in [3.8, 4) is 17.0 Å². The number of alkyl halides is 2. The number of fused-ring (bicyclic) bond motifs is 1. The quantitative estimate of drug-likeness (QED) is 0.102. The van der Waals surface area contributed by atoms with E-state index in [-0.39, 0.29) is 29.2 Å². The van der Waals surface area contributed by atoms with Crippen LogP contribution in [0.2, 0.25) is 0 Å². The maximum Gasteiger partial charge on any atom is 0.421 e. The number of aryl methyl sites for hydroxylation is 1. The molecule has 0 saturated heterocycles. The molecular formula is C32H34F3N7O3S. The molecular weight excluding hydrogens is 619 g/mol. The molecule has 0 bridgehead atoms. The lowest BCUT2D eigenvalue weighted by atomic mass is 9.87. The molecule has 0 amide bonds. The minimum absolute atomic E-state index is 0.0649. The van der Waals surface area contributed by atoms with E-state index in [2.05, 4.69) is 9.71 Å². The molecule has 1 fully saturated rings. The van der Waals surface area contributed by atoms with Crippen LogP contribution in [0.4, 0.5) is 24.7 Å². The van der Waals surface area contributed by atoms with Gasteiger partial charge in [0.25, 0.3) is 0 Å². The number of carbonyl (C=O) groups excluding carboxylic acids is 1. The van der Waals surface area contributed by atoms with Crippen LogP contribution in [0.15, 0.2) is 59.9 Å². The van der Waals surface area contributed by atoms with Gasteiger partial charge in [-0.05, 0) is 62.4 Å². The maximum absolute atomic E-state index is 13.5. The van der Waals surface area contributed by atoms with E-state index in [1.165, 1.54) is 24.4 Å². The van der Waals surface area contributed by atoms with Crippen molar-refractivity contribution in [1.29, 1.82) is 0 Å². The summed E-state index contributed by atoms with van der Waals surface area (Å²) in [5.41, 5.74) is 16.0. The highest BCUT2D eigenvalue weighted by molar-refractivity contribution is 7.93. The molecule has 10 nitrogen and oxygen atoms in total. The van der Waals surface area contributed by atoms with E-state index in [1.54, 1.807) is 55.3 Å². The van der Waals surface area contributed by atoms with Crippen LogP contribution in [0.5, 0.6) is 5.75 Å². The maximum atomic E-state index is 13.5. The Kier molecular flexibility index (Phi) is 10.2. The lowest BCUT2D eigenvalue weighted by molar-refractivity contribution is -0.111. The van der Waals surface area contributed by atoms with Gasteiger partial charge in [-0.2, -0.15) is 18.6 Å². The monoisotopic (exact) mass is 653 g/mol. The van der Waals surface area contributed by atoms with Crippen molar-refractivity contribution in [1.82, 2.24) is 14.8 Å². The highest BCUT2D eigenvalue weighted by Crippen LogP contribution is 2.39. The van der Waals surface area contributed by atoms with E-state index in [0.29, 0.717) is 38.9 Å². The molecule has 0 aliphatic heterocycles. The second-order valence-corrected chi connectivity index (χ2v) is 12.2. The van der Waals surface area contributed by atoms with Crippen molar-refractivity contribution in [2.45, 2.75) is 50.5 Å². The Labute approximate surface area is 267 Å². The molecule has 4 aromatic rings. The molecule has 2 heterocycles. The summed E-state index contributed by atoms with van der Waals surface area (Å²) < 4.78 is 62.0. The van der Waals surface area contributed by atoms with Gasteiger partial charge in [-0.15, -0.1) is 0 Å². The zero-order chi connectivity index (χ0) is 33.0. The van der Waals surface area contributed by atoms with Gasteiger partial charge in [0.15, 0.2) is 0 Å². The van der Waals surface area contributed by atoms with Crippen molar-refractivity contribution in [3.63, 3.8) is 0 Å². The van der Waals surface area contributed by atoms with Gasteiger partial charge in [-0.25, -0.2) is 9.37 Å². The average Bonchev–Trinajstić information content (AvgIpc) is 3.41. The Morgan fingerprint density at radius 3 is 2.57 bits per heavy atom. The Bertz CT molecular complexity index is 1760. The molecule has 242 valence electrons. The zero-order valence-corrected chi connectivity index (χ0v) is 26.0. The summed E-state index contributed by atoms with van der Waals surface area (Å²) in [7, 11) is 1.75. The standard InChI is InChI=1S/C32H34F3N7O3S/c1-18(20-5-8-23(33)9-6-20)45-27-13-21(7-12-26(27)41-46(44)32(34)35)29-28-30(42(2)40-29)25(16-39-31(28)37)22(14-36)15-38-24-10-3-19(17-43)4-11-24/h5-9,12-19,24,32,41H,3-4,10-11,36H2,1-2H3,(H2,37,39). The Morgan fingerprint density at radius 2 is 1.91 bits per heavy atom. The Balaban J connectivity index is 1.53. The number of aldehydes is 1. The number of aliphatic imine (C=N–C) groups is 1. The predicted molar refractivity (Wildman–Crippen MR) is 174 cm³/mol. The Morgan fingerprint density at radius 1 is 1.20 bits per heavy atom. The fourth-order valence-corrected chi connectivity index (χ4v) is 5.99. The lowest BCUT2D eigenvalue weighted by Gasteiger charge is -2.22. The number of carbonyl (C=O) groups is 1. The van der Waals surface area contributed by atoms with Crippen LogP contribution in [0.25, 0.3) is 27.7 Å². The van der Waals surface area contributed by atoms with Crippen LogP contribution in [0, 0.1) is 11.7 Å². The van der Waals surface area contributed by atoms with Gasteiger partial charge >= 0.3 is 5.76 Å². The SMILES string of the molecule is CC(Oc1cc(-c2nn(C)c3c(C(C=NC4CCC(C=O)CC4)=CN)cnc(N)c23)ccc1N[S+]([O-])C(F)F)c1ccc(F)cc1. The average molecular weight is 654 g/mol. The minimum Gasteiger partial charge on any atom is -0.588 e. The molecule has 5 rings (SSSR count). The van der Waals surface area contributed by atoms with E-state index >= 15 is 0 Å². The highest BCUT2D eigenvalue weighted by Gasteiger charge is 2.26. The molecule has 46 heavy (non-hydrogen) atoms. The summed E-state index contributed by atoms with van der Waals surface area (Å²) in [5.74, 6) is -3.15. The molecule has 1 aliphatic rings. The number of allylic oxidation sites excluding steroid dienone is 1. The fraction of sp³-hybridized carbons (Fsp3) is 0.312. The lowest BCUT2D eigenvalue weighted by Crippen LogP contribution is -2.21. The molecule has 0 radical (unpaired) electrons. The van der Waals surface area contributed by atoms with Gasteiger partial charge in [0, 0.05) is 54.3 Å². The number of aromatic nitrogens is 3. The number of anilines is 2. The van der Waals surface area contributed by atoms with Crippen LogP contribution in [-0.2, 0) is 23.2 Å². The number of halogens is 3. The molecule has 2 aromatic heterocycles. The van der Waals surface area contributed by atoms with Gasteiger partial charge < -0.3 is 25.6 Å². The molecule has 5 N–H and O–H groups in total. The predicted octanol–water partition coefficient (Wildman–Crippen LogP) is 5.92. The number of nitrogens with two attached hydrogens (primary N) is 2. The van der Waals surface area contributed by atoms with E-state index in [1.807, 2.05) is 0 Å². The van der Waals surface area contributed by atoms with Gasteiger partial charge in [0.05, 0.1) is 10.9 Å². The number of hydrogen-bond acceptors (Lipinski definition) is 9. The molecule has 1 aliphatic carbocycles. The van der Waals surface area contributed by atoms with E-state index in [9.17, 15) is 22.5 Å². The largest absolute Gasteiger partial charge is 0.588 e. The van der Waals surface area contributed by atoms with Gasteiger partial charge in [-0.1, -0.05) is 18.2 Å². The summed E-state index contributed by atoms with van der Waals surface area (Å²) in [6, 6.07) is 10.4. The number of hydrogen-bond donors (Lipinski definition) is 3. The van der Waals surface area contributed by atoms with Crippen molar-refractivity contribution in [2.24, 2.45) is 23.7 Å². The first kappa shape index (κ1) is 32.8. The number of benzene rings is 2. The Hall–Kier alpha value is -4.56. The van der Waals surface area contributed by atoms with Crippen LogP contribution in [-0.4, -0.2) is 43.6 Å². The third-order valence-corrected chi connectivity index (χ3v) is 8.76. The second kappa shape index (κ2) is 14.3. The normalized spacial score (nSPS) is 18.6. The van der Waals surface area contributed by atoms with Crippen LogP contribution < -0.4 is 20.9 Å². The smallest absolute Gasteiger partial charge is 0.421 e. The van der Waals surface area contributed by atoms with Gasteiger partial charge in [0.1, 0.15) is 52.5 Å². The van der Waals surface area contributed by atoms with Crippen molar-refractivity contribution >= 4 is 51.8 Å². The first-order valence-electron chi connectivity index (χ1n) is 14.6. The van der Waals surface area contributed by atoms with Crippen LogP contribution in [0.1, 0.15) is 49.8 Å². The minimum atomic E-state index is -3.13. The molecule has 2 unspecified atom stereocenters. The van der Waals surface area contributed by atoms with Gasteiger partial charge in [0.2, 0.25) is 0 Å². The van der Waals surface area contributed by atoms with Gasteiger partial charge in [-0.3, -0.25) is 9.67 Å². The summed E-state index contributed by atoms with van der Waals surface area (Å²) in [6.45, 7) is 1.72. The zero-order valence-electron chi connectivity index (χ0n) is 25.2. The summed E-state index contributed by atoms with van der Waals surface area (Å²) in [4.78, 5) is 20.3. The number of ether oxygens (including phenoxy) is 1. The van der Waals surface area contributed by atoms with Crippen molar-refractivity contribution < 1.29 is 27.3 Å². The number of nitrogens with one attached hydrogen (secondary N) is 1. The topological polar surface area (TPSA) is 156 Å². The van der Waals surface area contributed by atoms with Crippen LogP contribution >= 0.6 is 0 Å². The molecule has 0 spiro atoms.